The van der Waals surface area contributed by atoms with Crippen LogP contribution in [0, 0.1) is 5.92 Å². The summed E-state index contributed by atoms with van der Waals surface area (Å²) in [6.07, 6.45) is 3.88. The molecule has 1 amide bonds. The van der Waals surface area contributed by atoms with E-state index in [2.05, 4.69) is 20.5 Å². The van der Waals surface area contributed by atoms with Gasteiger partial charge in [0.2, 0.25) is 5.91 Å². The number of anilines is 1. The number of ketones is 1. The van der Waals surface area contributed by atoms with E-state index in [0.717, 1.165) is 11.4 Å². The van der Waals surface area contributed by atoms with Crippen molar-refractivity contribution in [2.45, 2.75) is 25.4 Å². The predicted molar refractivity (Wildman–Crippen MR) is 114 cm³/mol. The standard InChI is InChI=1S/C21H23N5O2S/c1-14(2)12-19(28)23-17-6-4-15(5-7-17)18(27)13-29-21-25-24-20(26(21)3)16-8-10-22-11-9-16/h4-11,14H,12-13H2,1-3H3,(H,23,28). The average Bonchev–Trinajstić information content (AvgIpc) is 3.07. The van der Waals surface area contributed by atoms with Crippen LogP contribution in [0.25, 0.3) is 11.4 Å². The lowest BCUT2D eigenvalue weighted by atomic mass is 10.1. The zero-order valence-corrected chi connectivity index (χ0v) is 17.4. The van der Waals surface area contributed by atoms with Crippen molar-refractivity contribution in [1.82, 2.24) is 19.7 Å². The molecule has 0 atom stereocenters. The maximum atomic E-state index is 12.5. The van der Waals surface area contributed by atoms with Gasteiger partial charge in [-0.25, -0.2) is 0 Å². The van der Waals surface area contributed by atoms with E-state index in [-0.39, 0.29) is 17.4 Å². The van der Waals surface area contributed by atoms with E-state index >= 15 is 0 Å². The third-order valence-electron chi connectivity index (χ3n) is 4.19. The van der Waals surface area contributed by atoms with E-state index in [1.165, 1.54) is 11.8 Å². The molecular formula is C21H23N5O2S. The monoisotopic (exact) mass is 409 g/mol. The molecular weight excluding hydrogens is 386 g/mol. The van der Waals surface area contributed by atoms with Gasteiger partial charge in [-0.15, -0.1) is 10.2 Å². The molecule has 150 valence electrons. The molecule has 0 saturated carbocycles. The number of hydrogen-bond acceptors (Lipinski definition) is 6. The number of Topliss-reactive ketones (excluding diaryl/α,β-unsaturated/α-hetero) is 1. The van der Waals surface area contributed by atoms with Gasteiger partial charge in [-0.05, 0) is 42.3 Å². The van der Waals surface area contributed by atoms with Crippen molar-refractivity contribution < 1.29 is 9.59 Å². The van der Waals surface area contributed by atoms with Gasteiger partial charge in [0, 0.05) is 42.7 Å². The number of aromatic nitrogens is 4. The summed E-state index contributed by atoms with van der Waals surface area (Å²) in [7, 11) is 1.87. The van der Waals surface area contributed by atoms with Crippen molar-refractivity contribution >= 4 is 29.1 Å². The number of rotatable bonds is 8. The second-order valence-electron chi connectivity index (χ2n) is 7.04. The molecule has 29 heavy (non-hydrogen) atoms. The van der Waals surface area contributed by atoms with Crippen LogP contribution in [0.2, 0.25) is 0 Å². The lowest BCUT2D eigenvalue weighted by Crippen LogP contribution is -2.14. The van der Waals surface area contributed by atoms with E-state index in [1.54, 1.807) is 36.7 Å². The van der Waals surface area contributed by atoms with Gasteiger partial charge in [0.25, 0.3) is 0 Å². The smallest absolute Gasteiger partial charge is 0.224 e. The van der Waals surface area contributed by atoms with Gasteiger partial charge in [0.1, 0.15) is 0 Å². The second-order valence-corrected chi connectivity index (χ2v) is 7.98. The first-order valence-corrected chi connectivity index (χ1v) is 10.3. The van der Waals surface area contributed by atoms with E-state index in [0.29, 0.717) is 28.7 Å². The Morgan fingerprint density at radius 2 is 1.76 bits per heavy atom. The highest BCUT2D eigenvalue weighted by Crippen LogP contribution is 2.23. The lowest BCUT2D eigenvalue weighted by Gasteiger charge is -2.08. The van der Waals surface area contributed by atoms with Crippen LogP contribution in [0.4, 0.5) is 5.69 Å². The summed E-state index contributed by atoms with van der Waals surface area (Å²) in [5, 5.41) is 11.9. The Kier molecular flexibility index (Phi) is 6.77. The molecule has 0 bridgehead atoms. The van der Waals surface area contributed by atoms with Crippen molar-refractivity contribution in [3.05, 3.63) is 54.4 Å². The fraction of sp³-hybridized carbons (Fsp3) is 0.286. The van der Waals surface area contributed by atoms with Gasteiger partial charge >= 0.3 is 0 Å². The summed E-state index contributed by atoms with van der Waals surface area (Å²) in [5.41, 5.74) is 2.20. The zero-order chi connectivity index (χ0) is 20.8. The number of benzene rings is 1. The number of hydrogen-bond donors (Lipinski definition) is 1. The van der Waals surface area contributed by atoms with Crippen molar-refractivity contribution in [1.29, 1.82) is 0 Å². The largest absolute Gasteiger partial charge is 0.326 e. The summed E-state index contributed by atoms with van der Waals surface area (Å²) >= 11 is 1.34. The topological polar surface area (TPSA) is 89.8 Å². The fourth-order valence-corrected chi connectivity index (χ4v) is 3.53. The number of pyridine rings is 1. The molecule has 0 aliphatic carbocycles. The number of amides is 1. The predicted octanol–water partition coefficient (Wildman–Crippen LogP) is 3.84. The Balaban J connectivity index is 1.59. The Hall–Kier alpha value is -3.00. The Morgan fingerprint density at radius 1 is 1.07 bits per heavy atom. The molecule has 0 aliphatic heterocycles. The van der Waals surface area contributed by atoms with Gasteiger partial charge in [-0.1, -0.05) is 25.6 Å². The maximum Gasteiger partial charge on any atom is 0.224 e. The molecule has 1 N–H and O–H groups in total. The van der Waals surface area contributed by atoms with Crippen LogP contribution < -0.4 is 5.32 Å². The normalized spacial score (nSPS) is 10.9. The highest BCUT2D eigenvalue weighted by Gasteiger charge is 2.14. The molecule has 7 nitrogen and oxygen atoms in total. The third-order valence-corrected chi connectivity index (χ3v) is 5.21. The van der Waals surface area contributed by atoms with Gasteiger partial charge in [-0.2, -0.15) is 0 Å². The van der Waals surface area contributed by atoms with E-state index < -0.39 is 0 Å². The molecule has 1 aromatic carbocycles. The molecule has 0 unspecified atom stereocenters. The third kappa shape index (κ3) is 5.51. The average molecular weight is 410 g/mol. The number of carbonyl (C=O) groups excluding carboxylic acids is 2. The lowest BCUT2D eigenvalue weighted by molar-refractivity contribution is -0.116. The van der Waals surface area contributed by atoms with Crippen molar-refractivity contribution in [3.63, 3.8) is 0 Å². The number of nitrogens with zero attached hydrogens (tertiary/aromatic N) is 4. The van der Waals surface area contributed by atoms with Crippen LogP contribution in [0.1, 0.15) is 30.6 Å². The van der Waals surface area contributed by atoms with Gasteiger partial charge in [0.15, 0.2) is 16.8 Å². The molecule has 3 rings (SSSR count). The minimum absolute atomic E-state index is 0.0106. The van der Waals surface area contributed by atoms with Crippen molar-refractivity contribution in [3.8, 4) is 11.4 Å². The SMILES string of the molecule is CC(C)CC(=O)Nc1ccc(C(=O)CSc2nnc(-c3ccncc3)n2C)cc1. The van der Waals surface area contributed by atoms with Crippen LogP contribution in [-0.2, 0) is 11.8 Å². The molecule has 8 heteroatoms. The molecule has 0 aliphatic rings. The minimum atomic E-state index is -0.0260. The van der Waals surface area contributed by atoms with Gasteiger partial charge in [-0.3, -0.25) is 14.6 Å². The summed E-state index contributed by atoms with van der Waals surface area (Å²) in [4.78, 5) is 28.4. The van der Waals surface area contributed by atoms with Crippen LogP contribution in [0.5, 0.6) is 0 Å². The minimum Gasteiger partial charge on any atom is -0.326 e. The number of thioether (sulfide) groups is 1. The highest BCUT2D eigenvalue weighted by molar-refractivity contribution is 7.99. The first-order valence-electron chi connectivity index (χ1n) is 9.29. The van der Waals surface area contributed by atoms with Gasteiger partial charge < -0.3 is 9.88 Å². The number of carbonyl (C=O) groups is 2. The summed E-state index contributed by atoms with van der Waals surface area (Å²) in [6.45, 7) is 3.99. The van der Waals surface area contributed by atoms with Crippen molar-refractivity contribution in [2.75, 3.05) is 11.1 Å². The van der Waals surface area contributed by atoms with Gasteiger partial charge in [0.05, 0.1) is 5.75 Å². The second kappa shape index (κ2) is 9.47. The van der Waals surface area contributed by atoms with E-state index in [4.69, 9.17) is 0 Å². The Morgan fingerprint density at radius 3 is 2.41 bits per heavy atom. The molecule has 3 aromatic rings. The summed E-state index contributed by atoms with van der Waals surface area (Å²) in [6, 6.07) is 10.7. The first-order chi connectivity index (χ1) is 13.9. The van der Waals surface area contributed by atoms with Crippen LogP contribution in [0.3, 0.4) is 0 Å². The molecule has 0 spiro atoms. The highest BCUT2D eigenvalue weighted by atomic mass is 32.2. The van der Waals surface area contributed by atoms with Crippen LogP contribution in [0.15, 0.2) is 53.9 Å². The Bertz CT molecular complexity index is 984. The zero-order valence-electron chi connectivity index (χ0n) is 16.6. The van der Waals surface area contributed by atoms with Crippen LogP contribution in [-0.4, -0.2) is 37.2 Å². The van der Waals surface area contributed by atoms with Crippen LogP contribution >= 0.6 is 11.8 Å². The fourth-order valence-electron chi connectivity index (χ4n) is 2.73. The molecule has 2 aromatic heterocycles. The Labute approximate surface area is 174 Å². The molecule has 0 saturated heterocycles. The number of nitrogens with one attached hydrogen (secondary N) is 1. The quantitative estimate of drug-likeness (QED) is 0.449. The molecule has 0 radical (unpaired) electrons. The van der Waals surface area contributed by atoms with Crippen molar-refractivity contribution in [2.24, 2.45) is 13.0 Å². The molecule has 2 heterocycles. The maximum absolute atomic E-state index is 12.5. The molecule has 0 fully saturated rings. The summed E-state index contributed by atoms with van der Waals surface area (Å²) in [5.74, 6) is 1.24. The van der Waals surface area contributed by atoms with E-state index in [9.17, 15) is 9.59 Å². The van der Waals surface area contributed by atoms with E-state index in [1.807, 2.05) is 37.6 Å². The first kappa shape index (κ1) is 20.7. The summed E-state index contributed by atoms with van der Waals surface area (Å²) < 4.78 is 1.86.